The first-order chi connectivity index (χ1) is 3.43. The number of hydrogen-bond acceptors (Lipinski definition) is 0. The molecule has 1 heterocycles. The van der Waals surface area contributed by atoms with E-state index in [1.807, 2.05) is 0 Å². The predicted molar refractivity (Wildman–Crippen MR) is 35.8 cm³/mol. The van der Waals surface area contributed by atoms with Gasteiger partial charge in [-0.2, -0.15) is 0 Å². The first kappa shape index (κ1) is 5.02. The van der Waals surface area contributed by atoms with Crippen molar-refractivity contribution in [2.24, 2.45) is 0 Å². The molecule has 38 valence electrons. The van der Waals surface area contributed by atoms with Crippen molar-refractivity contribution in [2.75, 3.05) is 0 Å². The quantitative estimate of drug-likeness (QED) is 0.464. The summed E-state index contributed by atoms with van der Waals surface area (Å²) in [5, 5.41) is 0. The van der Waals surface area contributed by atoms with Crippen molar-refractivity contribution in [2.45, 2.75) is 6.92 Å². The Labute approximate surface area is 48.0 Å². The Hall–Kier alpha value is -0.131. The standard InChI is InChI=1S/C6H8Se/c1-2-7-5-3-4-6-7/h2-6H,1H3. The molecule has 0 spiro atoms. The van der Waals surface area contributed by atoms with Crippen LogP contribution in [0.4, 0.5) is 0 Å². The van der Waals surface area contributed by atoms with Gasteiger partial charge in [0.2, 0.25) is 0 Å². The molecule has 1 aliphatic heterocycles. The van der Waals surface area contributed by atoms with Gasteiger partial charge in [-0.1, -0.05) is 0 Å². The number of hydrogen-bond donors (Lipinski definition) is 0. The van der Waals surface area contributed by atoms with Crippen LogP contribution in [0.15, 0.2) is 22.1 Å². The van der Waals surface area contributed by atoms with Crippen LogP contribution in [0.25, 0.3) is 0 Å². The molecule has 1 heteroatoms. The molecule has 1 rings (SSSR count). The molecule has 0 atom stereocenters. The van der Waals surface area contributed by atoms with E-state index >= 15 is 0 Å². The van der Waals surface area contributed by atoms with Gasteiger partial charge in [-0.05, 0) is 0 Å². The Bertz CT molecular complexity index is 126. The fourth-order valence-electron chi connectivity index (χ4n) is 0.475. The monoisotopic (exact) mass is 160 g/mol. The normalized spacial score (nSPS) is 18.4. The second-order valence-corrected chi connectivity index (χ2v) is 5.15. The van der Waals surface area contributed by atoms with Crippen LogP contribution < -0.4 is 0 Å². The number of allylic oxidation sites excluding steroid dienone is 2. The third-order valence-corrected chi connectivity index (χ3v) is 3.97. The molecular formula is C6H8Se. The summed E-state index contributed by atoms with van der Waals surface area (Å²) in [6, 6.07) is 0. The van der Waals surface area contributed by atoms with Crippen LogP contribution >= 0.6 is 0 Å². The van der Waals surface area contributed by atoms with Gasteiger partial charge < -0.3 is 0 Å². The minimum atomic E-state index is -0.431. The number of rotatable bonds is 0. The molecule has 0 radical (unpaired) electrons. The summed E-state index contributed by atoms with van der Waals surface area (Å²) < 4.78 is 0. The molecule has 0 saturated heterocycles. The molecular weight excluding hydrogens is 151 g/mol. The van der Waals surface area contributed by atoms with Gasteiger partial charge in [0.05, 0.1) is 0 Å². The summed E-state index contributed by atoms with van der Waals surface area (Å²) >= 11 is -0.431. The van der Waals surface area contributed by atoms with Crippen LogP contribution in [0.2, 0.25) is 0 Å². The zero-order valence-corrected chi connectivity index (χ0v) is 6.01. The molecule has 1 aliphatic rings. The fourth-order valence-corrected chi connectivity index (χ4v) is 2.47. The van der Waals surface area contributed by atoms with Gasteiger partial charge in [0.15, 0.2) is 0 Å². The molecule has 0 aromatic rings. The van der Waals surface area contributed by atoms with Gasteiger partial charge in [0.1, 0.15) is 0 Å². The van der Waals surface area contributed by atoms with Crippen molar-refractivity contribution in [1.29, 1.82) is 0 Å². The van der Waals surface area contributed by atoms with Crippen LogP contribution in [0, 0.1) is 0 Å². The molecule has 7 heavy (non-hydrogen) atoms. The Kier molecular flexibility index (Phi) is 1.61. The molecule has 0 aliphatic carbocycles. The molecule has 0 unspecified atom stereocenters. The summed E-state index contributed by atoms with van der Waals surface area (Å²) in [6.45, 7) is 2.13. The van der Waals surface area contributed by atoms with E-state index < -0.39 is 13.5 Å². The van der Waals surface area contributed by atoms with E-state index in [-0.39, 0.29) is 0 Å². The Balaban J connectivity index is 2.79. The third-order valence-electron chi connectivity index (χ3n) is 0.855. The van der Waals surface area contributed by atoms with Crippen molar-refractivity contribution in [3.05, 3.63) is 22.1 Å². The molecule has 0 saturated carbocycles. The van der Waals surface area contributed by atoms with Crippen molar-refractivity contribution < 1.29 is 0 Å². The average molecular weight is 159 g/mol. The summed E-state index contributed by atoms with van der Waals surface area (Å²) in [5.41, 5.74) is 0. The van der Waals surface area contributed by atoms with E-state index in [4.69, 9.17) is 0 Å². The van der Waals surface area contributed by atoms with Crippen molar-refractivity contribution in [3.63, 3.8) is 0 Å². The first-order valence-electron chi connectivity index (χ1n) is 2.28. The molecule has 0 bridgehead atoms. The first-order valence-corrected chi connectivity index (χ1v) is 5.25. The van der Waals surface area contributed by atoms with Crippen LogP contribution in [-0.2, 0) is 0 Å². The van der Waals surface area contributed by atoms with Gasteiger partial charge in [-0.3, -0.25) is 0 Å². The third kappa shape index (κ3) is 1.12. The zero-order valence-electron chi connectivity index (χ0n) is 4.29. The van der Waals surface area contributed by atoms with Crippen LogP contribution in [-0.4, -0.2) is 18.4 Å². The van der Waals surface area contributed by atoms with Gasteiger partial charge in [-0.15, -0.1) is 0 Å². The maximum absolute atomic E-state index is 2.29. The molecule has 0 aromatic heterocycles. The van der Waals surface area contributed by atoms with Crippen molar-refractivity contribution in [3.8, 4) is 0 Å². The van der Waals surface area contributed by atoms with Gasteiger partial charge in [0, 0.05) is 0 Å². The summed E-state index contributed by atoms with van der Waals surface area (Å²) in [5.74, 6) is 0. The van der Waals surface area contributed by atoms with Gasteiger partial charge in [0.25, 0.3) is 0 Å². The van der Waals surface area contributed by atoms with E-state index in [0.29, 0.717) is 0 Å². The van der Waals surface area contributed by atoms with Crippen LogP contribution in [0.5, 0.6) is 0 Å². The van der Waals surface area contributed by atoms with E-state index in [9.17, 15) is 0 Å². The Morgan fingerprint density at radius 1 is 1.29 bits per heavy atom. The predicted octanol–water partition coefficient (Wildman–Crippen LogP) is 1.09. The van der Waals surface area contributed by atoms with Gasteiger partial charge >= 0.3 is 47.4 Å². The molecule has 0 nitrogen and oxygen atoms in total. The zero-order chi connectivity index (χ0) is 5.11. The minimum absolute atomic E-state index is 0.431. The van der Waals surface area contributed by atoms with Crippen molar-refractivity contribution in [1.82, 2.24) is 0 Å². The van der Waals surface area contributed by atoms with E-state index in [2.05, 4.69) is 33.9 Å². The molecule has 0 N–H and O–H groups in total. The van der Waals surface area contributed by atoms with Crippen LogP contribution in [0.1, 0.15) is 6.92 Å². The summed E-state index contributed by atoms with van der Waals surface area (Å²) in [4.78, 5) is 6.88. The Morgan fingerprint density at radius 2 is 1.86 bits per heavy atom. The van der Waals surface area contributed by atoms with Gasteiger partial charge in [-0.25, -0.2) is 0 Å². The second-order valence-electron chi connectivity index (χ2n) is 1.30. The summed E-state index contributed by atoms with van der Waals surface area (Å²) in [6.07, 6.45) is 4.26. The fraction of sp³-hybridized carbons (Fsp3) is 0.167. The second kappa shape index (κ2) is 2.25. The summed E-state index contributed by atoms with van der Waals surface area (Å²) in [7, 11) is 0. The Morgan fingerprint density at radius 3 is 2.14 bits per heavy atom. The SMILES string of the molecule is CC=[Se]1C=CC=C1. The molecule has 0 amide bonds. The van der Waals surface area contributed by atoms with E-state index in [1.165, 1.54) is 0 Å². The maximum atomic E-state index is 2.29. The average Bonchev–Trinajstić information content (AvgIpc) is 2.14. The molecule has 0 aromatic carbocycles. The molecule has 0 fully saturated rings. The topological polar surface area (TPSA) is 0 Å². The van der Waals surface area contributed by atoms with E-state index in [1.54, 1.807) is 0 Å². The van der Waals surface area contributed by atoms with E-state index in [0.717, 1.165) is 0 Å². The van der Waals surface area contributed by atoms with Crippen LogP contribution in [0.3, 0.4) is 0 Å². The van der Waals surface area contributed by atoms with Crippen molar-refractivity contribution >= 4 is 18.4 Å².